The molecule has 0 saturated carbocycles. The zero-order valence-corrected chi connectivity index (χ0v) is 21.8. The van der Waals surface area contributed by atoms with Gasteiger partial charge in [-0.05, 0) is 57.5 Å². The predicted octanol–water partition coefficient (Wildman–Crippen LogP) is 5.02. The summed E-state index contributed by atoms with van der Waals surface area (Å²) >= 11 is 0. The molecule has 1 unspecified atom stereocenters. The van der Waals surface area contributed by atoms with Gasteiger partial charge < -0.3 is 10.6 Å². The number of nitrogens with zero attached hydrogens (tertiary/aromatic N) is 6. The second-order valence-corrected chi connectivity index (χ2v) is 9.17. The summed E-state index contributed by atoms with van der Waals surface area (Å²) in [6.07, 6.45) is 4.41. The number of halogens is 1. The molecular weight excluding hydrogens is 497 g/mol. The van der Waals surface area contributed by atoms with Crippen LogP contribution in [0.2, 0.25) is 0 Å². The first-order valence-corrected chi connectivity index (χ1v) is 12.3. The van der Waals surface area contributed by atoms with E-state index in [1.807, 2.05) is 39.0 Å². The number of hydrogen-bond acceptors (Lipinski definition) is 8. The Bertz CT molecular complexity index is 1630. The fourth-order valence-corrected chi connectivity index (χ4v) is 3.98. The average molecular weight is 524 g/mol. The monoisotopic (exact) mass is 523 g/mol. The van der Waals surface area contributed by atoms with Crippen molar-refractivity contribution in [3.8, 4) is 22.6 Å². The number of carbonyl (C=O) groups excluding carboxylic acids is 1. The Hall–Kier alpha value is -5.06. The van der Waals surface area contributed by atoms with Gasteiger partial charge in [0, 0.05) is 52.7 Å². The summed E-state index contributed by atoms with van der Waals surface area (Å²) < 4.78 is 13.6. The molecule has 10 nitrogen and oxygen atoms in total. The van der Waals surface area contributed by atoms with Crippen molar-refractivity contribution in [3.63, 3.8) is 0 Å². The highest BCUT2D eigenvalue weighted by Gasteiger charge is 2.15. The van der Waals surface area contributed by atoms with Gasteiger partial charge in [0.2, 0.25) is 0 Å². The molecule has 0 bridgehead atoms. The summed E-state index contributed by atoms with van der Waals surface area (Å²) in [5, 5.41) is 13.1. The molecule has 0 aliphatic heterocycles. The highest BCUT2D eigenvalue weighted by Crippen LogP contribution is 2.23. The van der Waals surface area contributed by atoms with Gasteiger partial charge in [0.25, 0.3) is 5.91 Å². The van der Waals surface area contributed by atoms with Crippen LogP contribution in [0.15, 0.2) is 61.1 Å². The molecule has 1 atom stereocenters. The molecule has 0 fully saturated rings. The number of carbonyl (C=O) groups is 1. The number of aromatic nitrogens is 7. The van der Waals surface area contributed by atoms with Crippen LogP contribution in [0.5, 0.6) is 0 Å². The molecular formula is C28H26FN9O. The molecule has 0 saturated heterocycles. The molecule has 3 N–H and O–H groups in total. The summed E-state index contributed by atoms with van der Waals surface area (Å²) in [6.45, 7) is 7.45. The topological polar surface area (TPSA) is 134 Å². The van der Waals surface area contributed by atoms with Gasteiger partial charge in [-0.1, -0.05) is 6.07 Å². The molecule has 5 rings (SSSR count). The van der Waals surface area contributed by atoms with E-state index in [1.54, 1.807) is 37.5 Å². The highest BCUT2D eigenvalue weighted by molar-refractivity contribution is 5.92. The van der Waals surface area contributed by atoms with E-state index in [0.29, 0.717) is 40.0 Å². The first kappa shape index (κ1) is 25.6. The first-order valence-electron chi connectivity index (χ1n) is 12.3. The third kappa shape index (κ3) is 5.93. The number of amides is 1. The second kappa shape index (κ2) is 10.7. The largest absolute Gasteiger partial charge is 0.344 e. The number of rotatable bonds is 7. The predicted molar refractivity (Wildman–Crippen MR) is 145 cm³/mol. The Balaban J connectivity index is 1.26. The number of pyridine rings is 3. The van der Waals surface area contributed by atoms with Gasteiger partial charge in [-0.2, -0.15) is 5.10 Å². The van der Waals surface area contributed by atoms with Crippen molar-refractivity contribution in [2.75, 3.05) is 5.32 Å². The zero-order chi connectivity index (χ0) is 27.5. The third-order valence-corrected chi connectivity index (χ3v) is 6.03. The molecule has 5 aromatic rings. The molecule has 0 aliphatic rings. The SMILES string of the molecule is Cc1cc(Nc2cc(C)[nH]n2)nc(-c2ccc(C(=O)NC(C)c3ccc(-c4cc(F)cnc4C)nc3)nc2)n1. The van der Waals surface area contributed by atoms with Crippen LogP contribution in [-0.4, -0.2) is 41.0 Å². The molecule has 11 heteroatoms. The van der Waals surface area contributed by atoms with Crippen molar-refractivity contribution in [1.82, 2.24) is 40.4 Å². The Kier molecular flexibility index (Phi) is 7.04. The quantitative estimate of drug-likeness (QED) is 0.271. The van der Waals surface area contributed by atoms with Crippen LogP contribution >= 0.6 is 0 Å². The van der Waals surface area contributed by atoms with Gasteiger partial charge in [-0.3, -0.25) is 24.8 Å². The Labute approximate surface area is 224 Å². The van der Waals surface area contributed by atoms with E-state index < -0.39 is 5.82 Å². The van der Waals surface area contributed by atoms with Gasteiger partial charge in [0.05, 0.1) is 17.9 Å². The van der Waals surface area contributed by atoms with Crippen LogP contribution in [0.1, 0.15) is 46.1 Å². The first-order chi connectivity index (χ1) is 18.7. The van der Waals surface area contributed by atoms with Crippen molar-refractivity contribution in [1.29, 1.82) is 0 Å². The molecule has 0 spiro atoms. The lowest BCUT2D eigenvalue weighted by molar-refractivity contribution is 0.0935. The Morgan fingerprint density at radius 2 is 1.77 bits per heavy atom. The number of aryl methyl sites for hydroxylation is 3. The number of anilines is 2. The molecule has 5 aromatic heterocycles. The molecule has 0 aromatic carbocycles. The lowest BCUT2D eigenvalue weighted by Gasteiger charge is -2.14. The van der Waals surface area contributed by atoms with E-state index in [4.69, 9.17) is 0 Å². The minimum atomic E-state index is -0.421. The molecule has 0 radical (unpaired) electrons. The number of hydrogen-bond donors (Lipinski definition) is 3. The smallest absolute Gasteiger partial charge is 0.270 e. The summed E-state index contributed by atoms with van der Waals surface area (Å²) in [5.74, 6) is 0.984. The van der Waals surface area contributed by atoms with Crippen LogP contribution in [-0.2, 0) is 0 Å². The van der Waals surface area contributed by atoms with Crippen LogP contribution < -0.4 is 10.6 Å². The van der Waals surface area contributed by atoms with Gasteiger partial charge in [-0.25, -0.2) is 14.4 Å². The van der Waals surface area contributed by atoms with Crippen molar-refractivity contribution >= 4 is 17.5 Å². The molecule has 1 amide bonds. The van der Waals surface area contributed by atoms with Crippen molar-refractivity contribution in [3.05, 3.63) is 95.2 Å². The fourth-order valence-electron chi connectivity index (χ4n) is 3.98. The molecule has 0 aliphatic carbocycles. The lowest BCUT2D eigenvalue weighted by atomic mass is 10.1. The summed E-state index contributed by atoms with van der Waals surface area (Å²) in [6, 6.07) is 11.8. The summed E-state index contributed by atoms with van der Waals surface area (Å²) in [7, 11) is 0. The van der Waals surface area contributed by atoms with Crippen molar-refractivity contribution in [2.24, 2.45) is 0 Å². The minimum absolute atomic E-state index is 0.259. The van der Waals surface area contributed by atoms with Crippen molar-refractivity contribution < 1.29 is 9.18 Å². The second-order valence-electron chi connectivity index (χ2n) is 9.17. The molecule has 196 valence electrons. The average Bonchev–Trinajstić information content (AvgIpc) is 3.34. The minimum Gasteiger partial charge on any atom is -0.344 e. The Morgan fingerprint density at radius 3 is 2.46 bits per heavy atom. The van der Waals surface area contributed by atoms with Crippen LogP contribution in [0.25, 0.3) is 22.6 Å². The van der Waals surface area contributed by atoms with Gasteiger partial charge >= 0.3 is 0 Å². The zero-order valence-electron chi connectivity index (χ0n) is 21.8. The van der Waals surface area contributed by atoms with E-state index in [2.05, 4.69) is 45.8 Å². The highest BCUT2D eigenvalue weighted by atomic mass is 19.1. The van der Waals surface area contributed by atoms with Gasteiger partial charge in [-0.15, -0.1) is 0 Å². The molecule has 39 heavy (non-hydrogen) atoms. The summed E-state index contributed by atoms with van der Waals surface area (Å²) in [4.78, 5) is 34.7. The summed E-state index contributed by atoms with van der Waals surface area (Å²) in [5.41, 5.74) is 5.35. The lowest BCUT2D eigenvalue weighted by Crippen LogP contribution is -2.27. The van der Waals surface area contributed by atoms with E-state index >= 15 is 0 Å². The normalized spacial score (nSPS) is 11.7. The fraction of sp³-hybridized carbons (Fsp3) is 0.179. The maximum absolute atomic E-state index is 13.6. The number of nitrogens with one attached hydrogen (secondary N) is 3. The van der Waals surface area contributed by atoms with Crippen molar-refractivity contribution in [2.45, 2.75) is 33.7 Å². The van der Waals surface area contributed by atoms with E-state index in [0.717, 1.165) is 17.0 Å². The maximum atomic E-state index is 13.6. The van der Waals surface area contributed by atoms with E-state index in [1.165, 1.54) is 12.3 Å². The van der Waals surface area contributed by atoms with E-state index in [9.17, 15) is 9.18 Å². The number of aromatic amines is 1. The van der Waals surface area contributed by atoms with Gasteiger partial charge in [0.15, 0.2) is 11.6 Å². The molecule has 5 heterocycles. The number of H-pyrrole nitrogens is 1. The maximum Gasteiger partial charge on any atom is 0.270 e. The third-order valence-electron chi connectivity index (χ3n) is 6.03. The van der Waals surface area contributed by atoms with Gasteiger partial charge in [0.1, 0.15) is 17.3 Å². The van der Waals surface area contributed by atoms with Crippen LogP contribution in [0.4, 0.5) is 16.0 Å². The Morgan fingerprint density at radius 1 is 0.923 bits per heavy atom. The van der Waals surface area contributed by atoms with E-state index in [-0.39, 0.29) is 17.6 Å². The standard InChI is InChI=1S/C28H26FN9O/c1-15-9-25(35-26-10-16(2)37-38-26)36-27(33-15)20-6-8-24(32-13-20)28(39)34-17(3)19-5-7-23(31-12-19)22-11-21(29)14-30-18(22)4/h5-14,17H,1-4H3,(H,34,39)(H2,33,35,36,37,38). The van der Waals surface area contributed by atoms with Crippen LogP contribution in [0.3, 0.4) is 0 Å². The van der Waals surface area contributed by atoms with Crippen LogP contribution in [0, 0.1) is 26.6 Å².